The first-order valence-electron chi connectivity index (χ1n) is 5.36. The van der Waals surface area contributed by atoms with Crippen molar-refractivity contribution in [2.24, 2.45) is 0 Å². The molecule has 76 valence electrons. The maximum Gasteiger partial charge on any atom is 0.0161 e. The van der Waals surface area contributed by atoms with E-state index in [4.69, 9.17) is 0 Å². The fourth-order valence-electron chi connectivity index (χ4n) is 1.78. The van der Waals surface area contributed by atoms with Crippen molar-refractivity contribution in [2.45, 2.75) is 30.2 Å². The Balaban J connectivity index is 1.76. The molecule has 1 saturated heterocycles. The zero-order valence-corrected chi connectivity index (χ0v) is 9.22. The molecule has 1 aromatic rings. The van der Waals surface area contributed by atoms with Gasteiger partial charge in [0.15, 0.2) is 0 Å². The summed E-state index contributed by atoms with van der Waals surface area (Å²) in [6.45, 7) is 1.21. The maximum absolute atomic E-state index is 3.57. The molecule has 14 heavy (non-hydrogen) atoms. The molecule has 1 aromatic carbocycles. The molecular weight excluding hydrogens is 190 g/mol. The third kappa shape index (κ3) is 3.03. The molecule has 0 amide bonds. The quantitative estimate of drug-likeness (QED) is 0.765. The largest absolute Gasteiger partial charge is 0.313 e. The van der Waals surface area contributed by atoms with E-state index in [0.717, 1.165) is 6.04 Å². The molecule has 2 rings (SSSR count). The van der Waals surface area contributed by atoms with Crippen molar-refractivity contribution >= 4 is 11.8 Å². The average Bonchev–Trinajstić information content (AvgIpc) is 2.29. The number of thioether (sulfide) groups is 1. The molecule has 0 radical (unpaired) electrons. The summed E-state index contributed by atoms with van der Waals surface area (Å²) in [5.41, 5.74) is 0. The molecule has 1 fully saturated rings. The fourth-order valence-corrected chi connectivity index (χ4v) is 2.81. The maximum atomic E-state index is 3.57. The average molecular weight is 207 g/mol. The number of hydrogen-bond acceptors (Lipinski definition) is 2. The molecule has 0 unspecified atom stereocenters. The Morgan fingerprint density at radius 2 is 2.07 bits per heavy atom. The Labute approximate surface area is 90.3 Å². The Hall–Kier alpha value is -0.470. The molecule has 0 spiro atoms. The highest BCUT2D eigenvalue weighted by Crippen LogP contribution is 2.20. The number of benzene rings is 1. The van der Waals surface area contributed by atoms with Crippen molar-refractivity contribution in [3.63, 3.8) is 0 Å². The highest BCUT2D eigenvalue weighted by molar-refractivity contribution is 7.99. The van der Waals surface area contributed by atoms with Crippen LogP contribution in [0.5, 0.6) is 0 Å². The topological polar surface area (TPSA) is 12.0 Å². The van der Waals surface area contributed by atoms with Crippen molar-refractivity contribution in [1.29, 1.82) is 0 Å². The van der Waals surface area contributed by atoms with Gasteiger partial charge >= 0.3 is 0 Å². The Morgan fingerprint density at radius 1 is 1.21 bits per heavy atom. The van der Waals surface area contributed by atoms with Crippen LogP contribution >= 0.6 is 11.8 Å². The lowest BCUT2D eigenvalue weighted by atomic mass is 10.1. The molecule has 1 aliphatic heterocycles. The van der Waals surface area contributed by atoms with Crippen molar-refractivity contribution < 1.29 is 0 Å². The number of hydrogen-bond donors (Lipinski definition) is 1. The summed E-state index contributed by atoms with van der Waals surface area (Å²) in [5, 5.41) is 3.57. The van der Waals surface area contributed by atoms with Gasteiger partial charge in [0, 0.05) is 16.7 Å². The first-order chi connectivity index (χ1) is 6.95. The van der Waals surface area contributed by atoms with E-state index in [-0.39, 0.29) is 0 Å². The van der Waals surface area contributed by atoms with Crippen LogP contribution in [0, 0.1) is 0 Å². The smallest absolute Gasteiger partial charge is 0.0161 e. The van der Waals surface area contributed by atoms with E-state index in [0.29, 0.717) is 0 Å². The SMILES string of the molecule is c1ccc(SC[C@H]2CCCCN2)cc1. The van der Waals surface area contributed by atoms with Gasteiger partial charge in [-0.05, 0) is 31.5 Å². The van der Waals surface area contributed by atoms with E-state index in [1.165, 1.54) is 36.5 Å². The van der Waals surface area contributed by atoms with Crippen LogP contribution in [-0.2, 0) is 0 Å². The minimum Gasteiger partial charge on any atom is -0.313 e. The van der Waals surface area contributed by atoms with Gasteiger partial charge in [-0.3, -0.25) is 0 Å². The van der Waals surface area contributed by atoms with Crippen LogP contribution in [0.15, 0.2) is 35.2 Å². The van der Waals surface area contributed by atoms with Gasteiger partial charge in [-0.1, -0.05) is 24.6 Å². The standard InChI is InChI=1S/C12H17NS/c1-2-7-12(8-3-1)14-10-11-6-4-5-9-13-11/h1-3,7-8,11,13H,4-6,9-10H2/t11-/m1/s1. The molecule has 0 bridgehead atoms. The molecule has 0 aromatic heterocycles. The summed E-state index contributed by atoms with van der Waals surface area (Å²) in [7, 11) is 0. The van der Waals surface area contributed by atoms with Gasteiger partial charge in [-0.15, -0.1) is 11.8 Å². The van der Waals surface area contributed by atoms with E-state index < -0.39 is 0 Å². The summed E-state index contributed by atoms with van der Waals surface area (Å²) in [4.78, 5) is 1.39. The molecule has 2 heteroatoms. The van der Waals surface area contributed by atoms with E-state index in [1.807, 2.05) is 11.8 Å². The minimum absolute atomic E-state index is 0.731. The van der Waals surface area contributed by atoms with E-state index in [1.54, 1.807) is 0 Å². The van der Waals surface area contributed by atoms with Crippen LogP contribution in [-0.4, -0.2) is 18.3 Å². The molecule has 1 atom stereocenters. The molecular formula is C12H17NS. The summed E-state index contributed by atoms with van der Waals surface area (Å²) in [6.07, 6.45) is 4.10. The molecule has 0 saturated carbocycles. The monoisotopic (exact) mass is 207 g/mol. The van der Waals surface area contributed by atoms with Gasteiger partial charge in [-0.2, -0.15) is 0 Å². The van der Waals surface area contributed by atoms with Crippen molar-refractivity contribution in [2.75, 3.05) is 12.3 Å². The van der Waals surface area contributed by atoms with E-state index >= 15 is 0 Å². The lowest BCUT2D eigenvalue weighted by molar-refractivity contribution is 0.430. The van der Waals surface area contributed by atoms with Crippen molar-refractivity contribution in [3.8, 4) is 0 Å². The van der Waals surface area contributed by atoms with Crippen LogP contribution in [0.2, 0.25) is 0 Å². The summed E-state index contributed by atoms with van der Waals surface area (Å²) >= 11 is 1.96. The molecule has 0 aliphatic carbocycles. The molecule has 1 aliphatic rings. The summed E-state index contributed by atoms with van der Waals surface area (Å²) < 4.78 is 0. The second-order valence-corrected chi connectivity index (χ2v) is 4.86. The third-order valence-corrected chi connectivity index (χ3v) is 3.78. The number of piperidine rings is 1. The van der Waals surface area contributed by atoms with Crippen LogP contribution in [0.1, 0.15) is 19.3 Å². The molecule has 1 nitrogen and oxygen atoms in total. The van der Waals surface area contributed by atoms with Gasteiger partial charge in [-0.25, -0.2) is 0 Å². The van der Waals surface area contributed by atoms with Gasteiger partial charge in [0.25, 0.3) is 0 Å². The zero-order valence-electron chi connectivity index (χ0n) is 8.41. The van der Waals surface area contributed by atoms with Crippen LogP contribution in [0.4, 0.5) is 0 Å². The van der Waals surface area contributed by atoms with Crippen LogP contribution in [0.3, 0.4) is 0 Å². The van der Waals surface area contributed by atoms with Crippen molar-refractivity contribution in [1.82, 2.24) is 5.32 Å². The highest BCUT2D eigenvalue weighted by atomic mass is 32.2. The Bertz CT molecular complexity index is 254. The fraction of sp³-hybridized carbons (Fsp3) is 0.500. The zero-order chi connectivity index (χ0) is 9.64. The van der Waals surface area contributed by atoms with E-state index in [9.17, 15) is 0 Å². The lowest BCUT2D eigenvalue weighted by Crippen LogP contribution is -2.35. The lowest BCUT2D eigenvalue weighted by Gasteiger charge is -2.22. The molecule has 1 heterocycles. The van der Waals surface area contributed by atoms with Crippen LogP contribution in [0.25, 0.3) is 0 Å². The summed E-state index contributed by atoms with van der Waals surface area (Å²) in [6, 6.07) is 11.4. The van der Waals surface area contributed by atoms with Crippen molar-refractivity contribution in [3.05, 3.63) is 30.3 Å². The first kappa shape index (κ1) is 10.1. The Morgan fingerprint density at radius 3 is 2.79 bits per heavy atom. The van der Waals surface area contributed by atoms with E-state index in [2.05, 4.69) is 35.6 Å². The molecule has 1 N–H and O–H groups in total. The highest BCUT2D eigenvalue weighted by Gasteiger charge is 2.11. The Kier molecular flexibility index (Phi) is 3.90. The van der Waals surface area contributed by atoms with Crippen LogP contribution < -0.4 is 5.32 Å². The predicted molar refractivity (Wildman–Crippen MR) is 62.8 cm³/mol. The second kappa shape index (κ2) is 5.42. The van der Waals surface area contributed by atoms with Gasteiger partial charge in [0.1, 0.15) is 0 Å². The van der Waals surface area contributed by atoms with Gasteiger partial charge in [0.05, 0.1) is 0 Å². The van der Waals surface area contributed by atoms with Gasteiger partial charge in [0.2, 0.25) is 0 Å². The second-order valence-electron chi connectivity index (χ2n) is 3.77. The third-order valence-electron chi connectivity index (χ3n) is 2.61. The number of rotatable bonds is 3. The number of nitrogens with one attached hydrogen (secondary N) is 1. The van der Waals surface area contributed by atoms with Gasteiger partial charge < -0.3 is 5.32 Å². The normalized spacial score (nSPS) is 22.1. The minimum atomic E-state index is 0.731. The summed E-state index contributed by atoms with van der Waals surface area (Å²) in [5.74, 6) is 1.21. The first-order valence-corrected chi connectivity index (χ1v) is 6.35. The predicted octanol–water partition coefficient (Wildman–Crippen LogP) is 2.92.